The molecule has 1 rings (SSSR count). The molecule has 0 saturated heterocycles. The van der Waals surface area contributed by atoms with Crippen molar-refractivity contribution in [3.63, 3.8) is 0 Å². The Kier molecular flexibility index (Phi) is 4.44. The lowest BCUT2D eigenvalue weighted by molar-refractivity contribution is -0.0534. The van der Waals surface area contributed by atoms with Gasteiger partial charge in [-0.25, -0.2) is 0 Å². The van der Waals surface area contributed by atoms with Crippen LogP contribution in [0.1, 0.15) is 39.0 Å². The van der Waals surface area contributed by atoms with E-state index >= 15 is 0 Å². The van der Waals surface area contributed by atoms with Gasteiger partial charge in [0, 0.05) is 7.11 Å². The highest BCUT2D eigenvalue weighted by molar-refractivity contribution is 5.11. The summed E-state index contributed by atoms with van der Waals surface area (Å²) in [6.07, 6.45) is 11.5. The van der Waals surface area contributed by atoms with Crippen LogP contribution in [0.25, 0.3) is 0 Å². The zero-order valence-electron chi connectivity index (χ0n) is 9.31. The maximum Gasteiger partial charge on any atom is 0.0980 e. The van der Waals surface area contributed by atoms with Crippen LogP contribution < -0.4 is 5.32 Å². The van der Waals surface area contributed by atoms with Gasteiger partial charge in [0.25, 0.3) is 0 Å². The molecule has 1 N–H and O–H groups in total. The smallest absolute Gasteiger partial charge is 0.0980 e. The van der Waals surface area contributed by atoms with Crippen molar-refractivity contribution in [3.8, 4) is 12.3 Å². The first-order valence-electron chi connectivity index (χ1n) is 5.53. The minimum atomic E-state index is -0.108. The van der Waals surface area contributed by atoms with Gasteiger partial charge in [-0.3, -0.25) is 0 Å². The van der Waals surface area contributed by atoms with Crippen LogP contribution in [0.2, 0.25) is 0 Å². The van der Waals surface area contributed by atoms with Crippen LogP contribution in [0.4, 0.5) is 0 Å². The van der Waals surface area contributed by atoms with Crippen LogP contribution in [-0.4, -0.2) is 25.3 Å². The molecule has 0 amide bonds. The second kappa shape index (κ2) is 5.38. The average molecular weight is 195 g/mol. The molecule has 1 atom stereocenters. The number of hydrogen-bond acceptors (Lipinski definition) is 2. The number of methoxy groups -OCH3 is 1. The van der Waals surface area contributed by atoms with Crippen molar-refractivity contribution in [2.45, 2.75) is 50.7 Å². The van der Waals surface area contributed by atoms with Crippen LogP contribution in [-0.2, 0) is 4.74 Å². The highest BCUT2D eigenvalue weighted by Gasteiger charge is 2.38. The third kappa shape index (κ3) is 2.29. The first-order valence-corrected chi connectivity index (χ1v) is 5.53. The lowest BCUT2D eigenvalue weighted by Crippen LogP contribution is -2.52. The van der Waals surface area contributed by atoms with E-state index < -0.39 is 0 Å². The van der Waals surface area contributed by atoms with Crippen molar-refractivity contribution < 1.29 is 4.74 Å². The Morgan fingerprint density at radius 1 is 1.43 bits per heavy atom. The van der Waals surface area contributed by atoms with E-state index in [1.165, 1.54) is 19.3 Å². The van der Waals surface area contributed by atoms with Gasteiger partial charge in [0.15, 0.2) is 0 Å². The molecule has 0 radical (unpaired) electrons. The summed E-state index contributed by atoms with van der Waals surface area (Å²) >= 11 is 0. The van der Waals surface area contributed by atoms with Gasteiger partial charge < -0.3 is 10.1 Å². The summed E-state index contributed by atoms with van der Waals surface area (Å²) in [6, 6.07) is 0.0674. The third-order valence-electron chi connectivity index (χ3n) is 3.21. The molecule has 1 fully saturated rings. The monoisotopic (exact) mass is 195 g/mol. The van der Waals surface area contributed by atoms with Gasteiger partial charge in [0.2, 0.25) is 0 Å². The Bertz CT molecular complexity index is 201. The summed E-state index contributed by atoms with van der Waals surface area (Å²) < 4.78 is 5.68. The van der Waals surface area contributed by atoms with Gasteiger partial charge in [-0.05, 0) is 19.4 Å². The van der Waals surface area contributed by atoms with Gasteiger partial charge >= 0.3 is 0 Å². The molecule has 0 heterocycles. The zero-order valence-corrected chi connectivity index (χ0v) is 9.31. The predicted molar refractivity (Wildman–Crippen MR) is 59.1 cm³/mol. The average Bonchev–Trinajstić information content (AvgIpc) is 2.27. The Morgan fingerprint density at radius 3 is 2.50 bits per heavy atom. The number of likely N-dealkylation sites (N-methyl/N-ethyl adjacent to an activating group) is 1. The van der Waals surface area contributed by atoms with Crippen molar-refractivity contribution in [1.82, 2.24) is 5.32 Å². The first kappa shape index (κ1) is 11.6. The minimum Gasteiger partial charge on any atom is -0.376 e. The molecule has 1 aliphatic carbocycles. The van der Waals surface area contributed by atoms with Crippen molar-refractivity contribution in [2.75, 3.05) is 13.7 Å². The minimum absolute atomic E-state index is 0.0674. The summed E-state index contributed by atoms with van der Waals surface area (Å²) in [5.41, 5.74) is -0.108. The summed E-state index contributed by atoms with van der Waals surface area (Å²) in [5, 5.41) is 3.33. The van der Waals surface area contributed by atoms with Crippen molar-refractivity contribution >= 4 is 0 Å². The molecule has 14 heavy (non-hydrogen) atoms. The summed E-state index contributed by atoms with van der Waals surface area (Å²) in [4.78, 5) is 0. The van der Waals surface area contributed by atoms with Crippen LogP contribution in [0, 0.1) is 12.3 Å². The van der Waals surface area contributed by atoms with E-state index in [1.54, 1.807) is 7.11 Å². The summed E-state index contributed by atoms with van der Waals surface area (Å²) in [6.45, 7) is 2.98. The Labute approximate surface area is 87.4 Å². The second-order valence-corrected chi connectivity index (χ2v) is 3.99. The maximum absolute atomic E-state index is 5.68. The van der Waals surface area contributed by atoms with Gasteiger partial charge in [-0.15, -0.1) is 6.42 Å². The fraction of sp³-hybridized carbons (Fsp3) is 0.833. The summed E-state index contributed by atoms with van der Waals surface area (Å²) in [7, 11) is 1.78. The van der Waals surface area contributed by atoms with E-state index in [4.69, 9.17) is 11.2 Å². The fourth-order valence-corrected chi connectivity index (χ4v) is 2.36. The zero-order chi connectivity index (χ0) is 10.4. The number of nitrogens with one attached hydrogen (secondary N) is 1. The molecular formula is C12H21NO. The number of hydrogen-bond donors (Lipinski definition) is 1. The highest BCUT2D eigenvalue weighted by atomic mass is 16.5. The molecular weight excluding hydrogens is 174 g/mol. The van der Waals surface area contributed by atoms with Crippen LogP contribution in [0.3, 0.4) is 0 Å². The molecule has 1 aliphatic rings. The normalized spacial score (nSPS) is 22.6. The lowest BCUT2D eigenvalue weighted by Gasteiger charge is -2.40. The van der Waals surface area contributed by atoms with Crippen LogP contribution >= 0.6 is 0 Å². The molecule has 1 saturated carbocycles. The topological polar surface area (TPSA) is 21.3 Å². The standard InChI is InChI=1S/C12H21NO/c1-4-11(13-5-2)12(14-3)9-7-6-8-10-12/h1,11,13H,5-10H2,2-3H3. The molecule has 1 unspecified atom stereocenters. The number of terminal acetylenes is 1. The second-order valence-electron chi connectivity index (χ2n) is 3.99. The summed E-state index contributed by atoms with van der Waals surface area (Å²) in [5.74, 6) is 2.83. The van der Waals surface area contributed by atoms with E-state index in [9.17, 15) is 0 Å². The van der Waals surface area contributed by atoms with Crippen LogP contribution in [0.5, 0.6) is 0 Å². The van der Waals surface area contributed by atoms with E-state index in [-0.39, 0.29) is 11.6 Å². The van der Waals surface area contributed by atoms with Gasteiger partial charge in [-0.2, -0.15) is 0 Å². The van der Waals surface area contributed by atoms with Gasteiger partial charge in [0.05, 0.1) is 11.6 Å². The Balaban J connectivity index is 2.70. The Morgan fingerprint density at radius 2 is 2.07 bits per heavy atom. The van der Waals surface area contributed by atoms with E-state index in [0.29, 0.717) is 0 Å². The molecule has 2 heteroatoms. The van der Waals surface area contributed by atoms with Crippen LogP contribution in [0.15, 0.2) is 0 Å². The molecule has 0 aliphatic heterocycles. The molecule has 0 spiro atoms. The van der Waals surface area contributed by atoms with Gasteiger partial charge in [-0.1, -0.05) is 32.1 Å². The van der Waals surface area contributed by atoms with E-state index in [0.717, 1.165) is 19.4 Å². The molecule has 0 aromatic heterocycles. The molecule has 0 aromatic rings. The quantitative estimate of drug-likeness (QED) is 0.692. The van der Waals surface area contributed by atoms with Crippen molar-refractivity contribution in [2.24, 2.45) is 0 Å². The van der Waals surface area contributed by atoms with E-state index in [1.807, 2.05) is 0 Å². The van der Waals surface area contributed by atoms with Crippen molar-refractivity contribution in [3.05, 3.63) is 0 Å². The molecule has 0 aromatic carbocycles. The number of rotatable bonds is 4. The lowest BCUT2D eigenvalue weighted by atomic mass is 9.79. The first-order chi connectivity index (χ1) is 6.79. The Hall–Kier alpha value is -0.520. The largest absolute Gasteiger partial charge is 0.376 e. The highest BCUT2D eigenvalue weighted by Crippen LogP contribution is 2.33. The molecule has 80 valence electrons. The fourth-order valence-electron chi connectivity index (χ4n) is 2.36. The third-order valence-corrected chi connectivity index (χ3v) is 3.21. The maximum atomic E-state index is 5.68. The van der Waals surface area contributed by atoms with E-state index in [2.05, 4.69) is 18.2 Å². The molecule has 0 bridgehead atoms. The predicted octanol–water partition coefficient (Wildman–Crippen LogP) is 1.95. The van der Waals surface area contributed by atoms with Crippen molar-refractivity contribution in [1.29, 1.82) is 0 Å². The SMILES string of the molecule is C#CC(NCC)C1(OC)CCCCC1. The molecule has 2 nitrogen and oxygen atoms in total. The number of ether oxygens (including phenoxy) is 1. The van der Waals surface area contributed by atoms with Gasteiger partial charge in [0.1, 0.15) is 0 Å².